The Kier molecular flexibility index (Phi) is 2.93. The van der Waals surface area contributed by atoms with E-state index in [0.29, 0.717) is 6.04 Å². The fourth-order valence-electron chi connectivity index (χ4n) is 2.27. The van der Waals surface area contributed by atoms with Crippen molar-refractivity contribution in [3.05, 3.63) is 23.8 Å². The summed E-state index contributed by atoms with van der Waals surface area (Å²) >= 11 is 0. The van der Waals surface area contributed by atoms with Crippen molar-refractivity contribution in [2.75, 3.05) is 20.3 Å². The lowest BCUT2D eigenvalue weighted by Crippen LogP contribution is -2.17. The van der Waals surface area contributed by atoms with Crippen LogP contribution in [-0.4, -0.2) is 20.3 Å². The van der Waals surface area contributed by atoms with Gasteiger partial charge in [-0.3, -0.25) is 0 Å². The zero-order valence-corrected chi connectivity index (χ0v) is 10.2. The van der Waals surface area contributed by atoms with Crippen LogP contribution in [0.1, 0.15) is 30.9 Å². The molecule has 1 fully saturated rings. The highest BCUT2D eigenvalue weighted by Gasteiger charge is 2.23. The molecule has 0 bridgehead atoms. The quantitative estimate of drug-likeness (QED) is 0.847. The molecule has 2 aliphatic rings. The summed E-state index contributed by atoms with van der Waals surface area (Å²) in [7, 11) is 1.96. The third kappa shape index (κ3) is 2.39. The van der Waals surface area contributed by atoms with Crippen LogP contribution in [0.25, 0.3) is 0 Å². The van der Waals surface area contributed by atoms with Crippen molar-refractivity contribution >= 4 is 0 Å². The number of fused-ring (bicyclic) bond motifs is 1. The van der Waals surface area contributed by atoms with E-state index in [2.05, 4.69) is 11.4 Å². The second-order valence-electron chi connectivity index (χ2n) is 4.93. The number of ether oxygens (including phenoxy) is 2. The monoisotopic (exact) mass is 233 g/mol. The van der Waals surface area contributed by atoms with Gasteiger partial charge in [-0.2, -0.15) is 0 Å². The van der Waals surface area contributed by atoms with Gasteiger partial charge in [0.15, 0.2) is 0 Å². The maximum atomic E-state index is 5.75. The number of rotatable bonds is 5. The molecule has 1 aromatic rings. The zero-order valence-electron chi connectivity index (χ0n) is 10.2. The largest absolute Gasteiger partial charge is 0.493 e. The molecule has 17 heavy (non-hydrogen) atoms. The maximum absolute atomic E-state index is 5.75. The first-order valence-corrected chi connectivity index (χ1v) is 6.43. The van der Waals surface area contributed by atoms with Gasteiger partial charge in [-0.05, 0) is 31.5 Å². The Hall–Kier alpha value is -1.22. The van der Waals surface area contributed by atoms with Crippen molar-refractivity contribution in [2.24, 2.45) is 5.92 Å². The topological polar surface area (TPSA) is 30.5 Å². The highest BCUT2D eigenvalue weighted by molar-refractivity contribution is 5.44. The van der Waals surface area contributed by atoms with Gasteiger partial charge >= 0.3 is 0 Å². The van der Waals surface area contributed by atoms with Gasteiger partial charge < -0.3 is 14.8 Å². The van der Waals surface area contributed by atoms with Gasteiger partial charge in [-0.1, -0.05) is 12.8 Å². The molecule has 0 spiro atoms. The Balaban J connectivity index is 1.62. The molecular weight excluding hydrogens is 214 g/mol. The molecule has 1 aromatic carbocycles. The molecule has 1 heterocycles. The van der Waals surface area contributed by atoms with Gasteiger partial charge in [0.1, 0.15) is 18.1 Å². The molecule has 0 amide bonds. The van der Waals surface area contributed by atoms with Crippen LogP contribution in [0.4, 0.5) is 0 Å². The first-order chi connectivity index (χ1) is 8.36. The van der Waals surface area contributed by atoms with Gasteiger partial charge in [0, 0.05) is 11.6 Å². The average Bonchev–Trinajstić information content (AvgIpc) is 3.08. The van der Waals surface area contributed by atoms with E-state index in [9.17, 15) is 0 Å². The van der Waals surface area contributed by atoms with Crippen molar-refractivity contribution in [1.82, 2.24) is 5.32 Å². The summed E-state index contributed by atoms with van der Waals surface area (Å²) in [6.45, 7) is 1.55. The van der Waals surface area contributed by atoms with Gasteiger partial charge in [0.05, 0.1) is 12.6 Å². The van der Waals surface area contributed by atoms with E-state index in [1.807, 2.05) is 19.2 Å². The van der Waals surface area contributed by atoms with Crippen molar-refractivity contribution in [1.29, 1.82) is 0 Å². The molecule has 1 N–H and O–H groups in total. The second kappa shape index (κ2) is 4.57. The first kappa shape index (κ1) is 10.9. The molecule has 1 aliphatic carbocycles. The molecule has 1 unspecified atom stereocenters. The highest BCUT2D eigenvalue weighted by Crippen LogP contribution is 2.36. The van der Waals surface area contributed by atoms with Crippen LogP contribution in [0.5, 0.6) is 11.5 Å². The molecule has 92 valence electrons. The van der Waals surface area contributed by atoms with E-state index in [4.69, 9.17) is 9.47 Å². The van der Waals surface area contributed by atoms with Gasteiger partial charge in [0.25, 0.3) is 0 Å². The minimum absolute atomic E-state index is 0.325. The van der Waals surface area contributed by atoms with E-state index in [-0.39, 0.29) is 0 Å². The van der Waals surface area contributed by atoms with E-state index in [1.54, 1.807) is 0 Å². The van der Waals surface area contributed by atoms with Crippen LogP contribution < -0.4 is 14.8 Å². The number of likely N-dealkylation sites (N-methyl/N-ethyl adjacent to an activating group) is 1. The zero-order chi connectivity index (χ0) is 11.7. The Morgan fingerprint density at radius 3 is 3.06 bits per heavy atom. The van der Waals surface area contributed by atoms with E-state index in [1.165, 1.54) is 24.8 Å². The third-order valence-electron chi connectivity index (χ3n) is 3.61. The Labute approximate surface area is 102 Å². The molecule has 0 aromatic heterocycles. The van der Waals surface area contributed by atoms with Crippen molar-refractivity contribution < 1.29 is 9.47 Å². The minimum Gasteiger partial charge on any atom is -0.493 e. The smallest absolute Gasteiger partial charge is 0.127 e. The normalized spacial score (nSPS) is 22.1. The molecule has 0 saturated heterocycles. The second-order valence-corrected chi connectivity index (χ2v) is 4.93. The van der Waals surface area contributed by atoms with Gasteiger partial charge in [-0.25, -0.2) is 0 Å². The Bertz CT molecular complexity index is 401. The Morgan fingerprint density at radius 2 is 2.29 bits per heavy atom. The van der Waals surface area contributed by atoms with Crippen molar-refractivity contribution in [2.45, 2.75) is 25.3 Å². The summed E-state index contributed by atoms with van der Waals surface area (Å²) in [6.07, 6.45) is 3.97. The first-order valence-electron chi connectivity index (χ1n) is 6.43. The van der Waals surface area contributed by atoms with E-state index >= 15 is 0 Å². The molecule has 1 aliphatic heterocycles. The molecule has 0 radical (unpaired) electrons. The fourth-order valence-corrected chi connectivity index (χ4v) is 2.27. The summed E-state index contributed by atoms with van der Waals surface area (Å²) in [5.41, 5.74) is 1.24. The Morgan fingerprint density at radius 1 is 1.41 bits per heavy atom. The summed E-state index contributed by atoms with van der Waals surface area (Å²) in [5.74, 6) is 2.82. The molecule has 1 atom stereocenters. The van der Waals surface area contributed by atoms with Crippen molar-refractivity contribution in [3.8, 4) is 11.5 Å². The summed E-state index contributed by atoms with van der Waals surface area (Å²) in [4.78, 5) is 0. The molecule has 3 rings (SSSR count). The molecule has 3 nitrogen and oxygen atoms in total. The minimum atomic E-state index is 0.325. The fraction of sp³-hybridized carbons (Fsp3) is 0.571. The van der Waals surface area contributed by atoms with E-state index < -0.39 is 0 Å². The van der Waals surface area contributed by atoms with Crippen LogP contribution >= 0.6 is 0 Å². The predicted octanol–water partition coefficient (Wildman–Crippen LogP) is 2.52. The van der Waals surface area contributed by atoms with Crippen LogP contribution in [0.15, 0.2) is 18.2 Å². The lowest BCUT2D eigenvalue weighted by Gasteiger charge is -2.08. The number of benzene rings is 1. The van der Waals surface area contributed by atoms with Crippen LogP contribution in [-0.2, 0) is 0 Å². The average molecular weight is 233 g/mol. The van der Waals surface area contributed by atoms with Crippen LogP contribution in [0.2, 0.25) is 0 Å². The predicted molar refractivity (Wildman–Crippen MR) is 66.6 cm³/mol. The lowest BCUT2D eigenvalue weighted by molar-refractivity contribution is 0.296. The summed E-state index contributed by atoms with van der Waals surface area (Å²) < 4.78 is 11.4. The third-order valence-corrected chi connectivity index (χ3v) is 3.61. The van der Waals surface area contributed by atoms with Crippen LogP contribution in [0.3, 0.4) is 0 Å². The van der Waals surface area contributed by atoms with Crippen molar-refractivity contribution in [3.63, 3.8) is 0 Å². The SMILES string of the molecule is CNC1COc2cc(OCCC3CC3)ccc21. The lowest BCUT2D eigenvalue weighted by atomic mass is 10.1. The van der Waals surface area contributed by atoms with Gasteiger partial charge in [0.2, 0.25) is 0 Å². The van der Waals surface area contributed by atoms with Crippen LogP contribution in [0, 0.1) is 5.92 Å². The summed E-state index contributed by atoms with van der Waals surface area (Å²) in [5, 5.41) is 3.24. The maximum Gasteiger partial charge on any atom is 0.127 e. The molecular formula is C14H19NO2. The number of hydrogen-bond acceptors (Lipinski definition) is 3. The number of nitrogens with one attached hydrogen (secondary N) is 1. The summed E-state index contributed by atoms with van der Waals surface area (Å²) in [6, 6.07) is 6.49. The van der Waals surface area contributed by atoms with E-state index in [0.717, 1.165) is 30.6 Å². The number of hydrogen-bond donors (Lipinski definition) is 1. The highest BCUT2D eigenvalue weighted by atomic mass is 16.5. The standard InChI is InChI=1S/C14H19NO2/c1-15-13-9-17-14-8-11(4-5-12(13)14)16-7-6-10-2-3-10/h4-5,8,10,13,15H,2-3,6-7,9H2,1H3. The van der Waals surface area contributed by atoms with Gasteiger partial charge in [-0.15, -0.1) is 0 Å². The molecule has 3 heteroatoms. The molecule has 1 saturated carbocycles.